The highest BCUT2D eigenvalue weighted by molar-refractivity contribution is 5.71. The minimum Gasteiger partial charge on any atom is -0.502 e. The lowest BCUT2D eigenvalue weighted by atomic mass is 9.83. The number of rotatable bonds is 6. The molecule has 4 heterocycles. The van der Waals surface area contributed by atoms with E-state index in [0.717, 1.165) is 30.8 Å². The highest BCUT2D eigenvalue weighted by Crippen LogP contribution is 2.37. The molecule has 0 spiro atoms. The van der Waals surface area contributed by atoms with Gasteiger partial charge >= 0.3 is 5.97 Å². The summed E-state index contributed by atoms with van der Waals surface area (Å²) >= 11 is 0. The van der Waals surface area contributed by atoms with Crippen LogP contribution in [-0.4, -0.2) is 40.7 Å². The van der Waals surface area contributed by atoms with Crippen LogP contribution in [0.1, 0.15) is 47.5 Å². The zero-order chi connectivity index (χ0) is 24.5. The number of hydrogen-bond acceptors (Lipinski definition) is 7. The number of fused-ring (bicyclic) bond motifs is 4. The molecule has 182 valence electrons. The van der Waals surface area contributed by atoms with Gasteiger partial charge in [-0.2, -0.15) is 0 Å². The second kappa shape index (κ2) is 9.54. The number of benzene rings is 1. The Balaban J connectivity index is 1.44. The molecule has 0 unspecified atom stereocenters. The molecular weight excluding hydrogens is 448 g/mol. The Morgan fingerprint density at radius 1 is 1.11 bits per heavy atom. The van der Waals surface area contributed by atoms with Gasteiger partial charge in [-0.05, 0) is 24.0 Å². The molecule has 0 saturated carbocycles. The number of aromatic hydroxyl groups is 1. The molecule has 1 N–H and O–H groups in total. The van der Waals surface area contributed by atoms with Crippen LogP contribution in [-0.2, 0) is 22.6 Å². The third-order valence-corrected chi connectivity index (χ3v) is 7.05. The van der Waals surface area contributed by atoms with E-state index in [1.165, 1.54) is 13.2 Å². The first-order valence-corrected chi connectivity index (χ1v) is 11.8. The van der Waals surface area contributed by atoms with Crippen LogP contribution in [0.3, 0.4) is 0 Å². The van der Waals surface area contributed by atoms with Crippen molar-refractivity contribution in [3.63, 3.8) is 0 Å². The van der Waals surface area contributed by atoms with Gasteiger partial charge in [-0.1, -0.05) is 36.4 Å². The van der Waals surface area contributed by atoms with E-state index < -0.39 is 23.1 Å². The largest absolute Gasteiger partial charge is 0.502 e. The molecule has 1 aromatic carbocycles. The predicted molar refractivity (Wildman–Crippen MR) is 128 cm³/mol. The van der Waals surface area contributed by atoms with Gasteiger partial charge in [0.2, 0.25) is 11.2 Å². The van der Waals surface area contributed by atoms with Crippen molar-refractivity contribution in [1.29, 1.82) is 0 Å². The highest BCUT2D eigenvalue weighted by Gasteiger charge is 2.35. The van der Waals surface area contributed by atoms with E-state index in [9.17, 15) is 19.5 Å². The molecule has 5 rings (SSSR count). The summed E-state index contributed by atoms with van der Waals surface area (Å²) < 4.78 is 12.8. The Labute approximate surface area is 202 Å². The molecule has 2 aliphatic rings. The van der Waals surface area contributed by atoms with Crippen molar-refractivity contribution in [3.8, 4) is 5.75 Å². The minimum absolute atomic E-state index is 0.0392. The molecule has 3 aromatic rings. The number of carbonyl (C=O) groups is 1. The summed E-state index contributed by atoms with van der Waals surface area (Å²) in [6.07, 6.45) is 0.958. The van der Waals surface area contributed by atoms with Gasteiger partial charge in [0.1, 0.15) is 5.76 Å². The number of esters is 1. The fourth-order valence-corrected chi connectivity index (χ4v) is 5.51. The number of piperidine rings is 1. The minimum atomic E-state index is -0.657. The number of pyridine rings is 1. The predicted octanol–water partition coefficient (Wildman–Crippen LogP) is 2.82. The maximum absolute atomic E-state index is 12.7. The van der Waals surface area contributed by atoms with Gasteiger partial charge in [-0.25, -0.2) is 0 Å². The van der Waals surface area contributed by atoms with Gasteiger partial charge in [0.15, 0.2) is 5.76 Å². The maximum Gasteiger partial charge on any atom is 0.306 e. The summed E-state index contributed by atoms with van der Waals surface area (Å²) in [6, 6.07) is 15.9. The maximum atomic E-state index is 12.7. The third-order valence-electron chi connectivity index (χ3n) is 7.05. The van der Waals surface area contributed by atoms with Gasteiger partial charge in [-0.3, -0.25) is 19.3 Å². The normalized spacial score (nSPS) is 20.1. The van der Waals surface area contributed by atoms with Crippen LogP contribution in [0.2, 0.25) is 0 Å². The van der Waals surface area contributed by atoms with Crippen molar-refractivity contribution in [1.82, 2.24) is 9.47 Å². The molecule has 2 aliphatic heterocycles. The Hall–Kier alpha value is -3.65. The summed E-state index contributed by atoms with van der Waals surface area (Å²) in [7, 11) is 1.30. The standard InChI is InChI=1S/C27H28N2O6/c1-34-25(32)12-21(18-6-3-2-4-7-18)27-26(33)23(30)11-20(35-27)16-28-13-17-10-19(15-28)22-8-5-9-24(31)29(22)14-17/h2-9,11,17,19,21,33H,10,12-16H2,1H3/t17-,19+,21-/m1/s1. The fourth-order valence-electron chi connectivity index (χ4n) is 5.51. The highest BCUT2D eigenvalue weighted by atomic mass is 16.5. The number of nitrogens with zero attached hydrogens (tertiary/aromatic N) is 2. The Morgan fingerprint density at radius 2 is 1.91 bits per heavy atom. The van der Waals surface area contributed by atoms with E-state index in [1.807, 2.05) is 47.0 Å². The molecular formula is C27H28N2O6. The van der Waals surface area contributed by atoms with Crippen molar-refractivity contribution in [3.05, 3.63) is 98.0 Å². The molecule has 3 atom stereocenters. The van der Waals surface area contributed by atoms with E-state index in [-0.39, 0.29) is 23.7 Å². The third kappa shape index (κ3) is 4.66. The zero-order valence-electron chi connectivity index (χ0n) is 19.6. The Bertz CT molecular complexity index is 1350. The average Bonchev–Trinajstić information content (AvgIpc) is 2.86. The second-order valence-electron chi connectivity index (χ2n) is 9.43. The summed E-state index contributed by atoms with van der Waals surface area (Å²) in [5.41, 5.74) is 1.29. The SMILES string of the molecule is COC(=O)C[C@H](c1ccccc1)c1oc(CN2C[C@H]3C[C@@H](C2)c2cccc(=O)n2C3)cc(=O)c1O. The quantitative estimate of drug-likeness (QED) is 0.546. The summed E-state index contributed by atoms with van der Waals surface area (Å²) in [6.45, 7) is 2.60. The van der Waals surface area contributed by atoms with Crippen LogP contribution in [0.15, 0.2) is 68.6 Å². The molecule has 35 heavy (non-hydrogen) atoms. The number of ether oxygens (including phenoxy) is 1. The lowest BCUT2D eigenvalue weighted by Gasteiger charge is -2.42. The molecule has 8 nitrogen and oxygen atoms in total. The van der Waals surface area contributed by atoms with Crippen molar-refractivity contribution in [2.24, 2.45) is 5.92 Å². The van der Waals surface area contributed by atoms with Crippen LogP contribution in [0, 0.1) is 5.92 Å². The van der Waals surface area contributed by atoms with E-state index >= 15 is 0 Å². The molecule has 2 bridgehead atoms. The first-order chi connectivity index (χ1) is 16.9. The fraction of sp³-hybridized carbons (Fsp3) is 0.370. The van der Waals surface area contributed by atoms with Crippen LogP contribution in [0.5, 0.6) is 5.75 Å². The first-order valence-electron chi connectivity index (χ1n) is 11.8. The molecule has 2 aromatic heterocycles. The van der Waals surface area contributed by atoms with Crippen LogP contribution < -0.4 is 11.0 Å². The van der Waals surface area contributed by atoms with Gasteiger partial charge in [-0.15, -0.1) is 0 Å². The molecule has 1 fully saturated rings. The van der Waals surface area contributed by atoms with E-state index in [2.05, 4.69) is 4.90 Å². The first kappa shape index (κ1) is 23.1. The van der Waals surface area contributed by atoms with Crippen LogP contribution in [0.25, 0.3) is 0 Å². The lowest BCUT2D eigenvalue weighted by Crippen LogP contribution is -2.46. The van der Waals surface area contributed by atoms with Crippen molar-refractivity contribution >= 4 is 5.97 Å². The Kier molecular flexibility index (Phi) is 6.30. The van der Waals surface area contributed by atoms with Crippen molar-refractivity contribution in [2.45, 2.75) is 37.8 Å². The number of methoxy groups -OCH3 is 1. The average molecular weight is 477 g/mol. The summed E-state index contributed by atoms with van der Waals surface area (Å²) in [5, 5.41) is 10.6. The number of likely N-dealkylation sites (tertiary alicyclic amines) is 1. The topological polar surface area (TPSA) is 102 Å². The number of hydrogen-bond donors (Lipinski definition) is 1. The zero-order valence-corrected chi connectivity index (χ0v) is 19.6. The Morgan fingerprint density at radius 3 is 2.69 bits per heavy atom. The monoisotopic (exact) mass is 476 g/mol. The van der Waals surface area contributed by atoms with E-state index in [1.54, 1.807) is 6.07 Å². The van der Waals surface area contributed by atoms with Crippen LogP contribution in [0.4, 0.5) is 0 Å². The number of aromatic nitrogens is 1. The van der Waals surface area contributed by atoms with Gasteiger partial charge < -0.3 is 18.8 Å². The molecule has 0 radical (unpaired) electrons. The van der Waals surface area contributed by atoms with Gasteiger partial charge in [0.25, 0.3) is 5.56 Å². The molecule has 8 heteroatoms. The van der Waals surface area contributed by atoms with Crippen molar-refractivity contribution < 1.29 is 19.1 Å². The number of carbonyl (C=O) groups excluding carboxylic acids is 1. The van der Waals surface area contributed by atoms with Gasteiger partial charge in [0, 0.05) is 43.4 Å². The molecule has 1 saturated heterocycles. The van der Waals surface area contributed by atoms with E-state index in [0.29, 0.717) is 24.8 Å². The van der Waals surface area contributed by atoms with Gasteiger partial charge in [0.05, 0.1) is 26.0 Å². The van der Waals surface area contributed by atoms with Crippen molar-refractivity contribution in [2.75, 3.05) is 20.2 Å². The smallest absolute Gasteiger partial charge is 0.306 e. The molecule has 0 amide bonds. The van der Waals surface area contributed by atoms with Crippen LogP contribution >= 0.6 is 0 Å². The van der Waals surface area contributed by atoms with E-state index in [4.69, 9.17) is 9.15 Å². The second-order valence-corrected chi connectivity index (χ2v) is 9.43. The summed E-state index contributed by atoms with van der Waals surface area (Å²) in [4.78, 5) is 39.4. The summed E-state index contributed by atoms with van der Waals surface area (Å²) in [5.74, 6) is -0.551. The lowest BCUT2D eigenvalue weighted by molar-refractivity contribution is -0.140. The molecule has 0 aliphatic carbocycles.